The zero-order valence-electron chi connectivity index (χ0n) is 11.3. The van der Waals surface area contributed by atoms with Gasteiger partial charge in [0.15, 0.2) is 0 Å². The van der Waals surface area contributed by atoms with Gasteiger partial charge in [-0.15, -0.1) is 0 Å². The number of hydrogen-bond donors (Lipinski definition) is 1. The van der Waals surface area contributed by atoms with Crippen molar-refractivity contribution >= 4 is 0 Å². The van der Waals surface area contributed by atoms with E-state index in [2.05, 4.69) is 18.7 Å². The first kappa shape index (κ1) is 13.5. The third kappa shape index (κ3) is 2.90. The smallest absolute Gasteiger partial charge is 0.123 e. The minimum atomic E-state index is -0.152. The summed E-state index contributed by atoms with van der Waals surface area (Å²) in [7, 11) is 0. The van der Waals surface area contributed by atoms with Crippen molar-refractivity contribution in [2.75, 3.05) is 13.1 Å². The molecule has 0 radical (unpaired) electrons. The highest BCUT2D eigenvalue weighted by atomic mass is 19.1. The molecule has 1 aromatic carbocycles. The average Bonchev–Trinajstić information content (AvgIpc) is 2.35. The SMILES string of the molecule is CCC(c1cccc(F)c1)N1CCC(C)C(N)C1. The van der Waals surface area contributed by atoms with Gasteiger partial charge in [-0.1, -0.05) is 26.0 Å². The fourth-order valence-electron chi connectivity index (χ4n) is 2.83. The summed E-state index contributed by atoms with van der Waals surface area (Å²) >= 11 is 0. The fraction of sp³-hybridized carbons (Fsp3) is 0.600. The number of benzene rings is 1. The highest BCUT2D eigenvalue weighted by Gasteiger charge is 2.28. The largest absolute Gasteiger partial charge is 0.326 e. The molecule has 2 nitrogen and oxygen atoms in total. The van der Waals surface area contributed by atoms with E-state index in [-0.39, 0.29) is 11.9 Å². The highest BCUT2D eigenvalue weighted by Crippen LogP contribution is 2.28. The lowest BCUT2D eigenvalue weighted by atomic mass is 9.91. The molecule has 0 amide bonds. The van der Waals surface area contributed by atoms with Crippen LogP contribution in [0.2, 0.25) is 0 Å². The van der Waals surface area contributed by atoms with Gasteiger partial charge in [0.2, 0.25) is 0 Å². The van der Waals surface area contributed by atoms with Crippen molar-refractivity contribution in [2.24, 2.45) is 11.7 Å². The summed E-state index contributed by atoms with van der Waals surface area (Å²) in [6.45, 7) is 6.34. The number of rotatable bonds is 3. The van der Waals surface area contributed by atoms with Crippen molar-refractivity contribution in [1.82, 2.24) is 4.90 Å². The zero-order chi connectivity index (χ0) is 13.1. The molecule has 18 heavy (non-hydrogen) atoms. The molecule has 100 valence electrons. The van der Waals surface area contributed by atoms with Gasteiger partial charge in [0.25, 0.3) is 0 Å². The van der Waals surface area contributed by atoms with Gasteiger partial charge in [-0.25, -0.2) is 4.39 Å². The highest BCUT2D eigenvalue weighted by molar-refractivity contribution is 5.20. The van der Waals surface area contributed by atoms with Crippen LogP contribution in [-0.4, -0.2) is 24.0 Å². The molecule has 0 aliphatic carbocycles. The van der Waals surface area contributed by atoms with Crippen LogP contribution in [0, 0.1) is 11.7 Å². The Morgan fingerprint density at radius 3 is 2.89 bits per heavy atom. The van der Waals surface area contributed by atoms with Crippen LogP contribution >= 0.6 is 0 Å². The first-order chi connectivity index (χ1) is 8.61. The zero-order valence-corrected chi connectivity index (χ0v) is 11.3. The molecule has 0 spiro atoms. The van der Waals surface area contributed by atoms with Crippen LogP contribution in [0.15, 0.2) is 24.3 Å². The predicted octanol–water partition coefficient (Wildman–Crippen LogP) is 2.95. The van der Waals surface area contributed by atoms with Gasteiger partial charge in [-0.2, -0.15) is 0 Å². The van der Waals surface area contributed by atoms with Crippen LogP contribution in [0.1, 0.15) is 38.3 Å². The van der Waals surface area contributed by atoms with Crippen LogP contribution in [0.5, 0.6) is 0 Å². The van der Waals surface area contributed by atoms with Crippen LogP contribution in [0.4, 0.5) is 4.39 Å². The Morgan fingerprint density at radius 2 is 2.28 bits per heavy atom. The molecule has 2 N–H and O–H groups in total. The lowest BCUT2D eigenvalue weighted by Gasteiger charge is -2.40. The van der Waals surface area contributed by atoms with E-state index in [1.54, 1.807) is 12.1 Å². The van der Waals surface area contributed by atoms with Crippen molar-refractivity contribution < 1.29 is 4.39 Å². The molecule has 0 bridgehead atoms. The Hall–Kier alpha value is -0.930. The second-order valence-corrected chi connectivity index (χ2v) is 5.40. The number of piperidine rings is 1. The van der Waals surface area contributed by atoms with E-state index in [4.69, 9.17) is 5.73 Å². The fourth-order valence-corrected chi connectivity index (χ4v) is 2.83. The van der Waals surface area contributed by atoms with E-state index < -0.39 is 0 Å². The molecule has 3 atom stereocenters. The Bertz CT molecular complexity index is 394. The monoisotopic (exact) mass is 250 g/mol. The Labute approximate surface area is 109 Å². The molecule has 0 aromatic heterocycles. The van der Waals surface area contributed by atoms with Gasteiger partial charge in [0.05, 0.1) is 0 Å². The molecular formula is C15H23FN2. The number of nitrogens with zero attached hydrogens (tertiary/aromatic N) is 1. The van der Waals surface area contributed by atoms with Crippen molar-refractivity contribution in [3.05, 3.63) is 35.6 Å². The quantitative estimate of drug-likeness (QED) is 0.893. The maximum absolute atomic E-state index is 13.3. The standard InChI is InChI=1S/C15H23FN2/c1-3-15(12-5-4-6-13(16)9-12)18-8-7-11(2)14(17)10-18/h4-6,9,11,14-15H,3,7-8,10,17H2,1-2H3. The van der Waals surface area contributed by atoms with E-state index in [0.717, 1.165) is 31.5 Å². The summed E-state index contributed by atoms with van der Waals surface area (Å²) in [4.78, 5) is 2.40. The third-order valence-corrected chi connectivity index (χ3v) is 4.11. The predicted molar refractivity (Wildman–Crippen MR) is 72.8 cm³/mol. The second kappa shape index (κ2) is 5.81. The molecule has 1 aromatic rings. The van der Waals surface area contributed by atoms with Gasteiger partial charge in [-0.05, 0) is 43.0 Å². The molecule has 1 aliphatic rings. The molecule has 0 saturated carbocycles. The Morgan fingerprint density at radius 1 is 1.50 bits per heavy atom. The first-order valence-electron chi connectivity index (χ1n) is 6.87. The normalized spacial score (nSPS) is 27.1. The van der Waals surface area contributed by atoms with Gasteiger partial charge < -0.3 is 5.73 Å². The molecule has 1 saturated heterocycles. The molecule has 1 aliphatic heterocycles. The molecular weight excluding hydrogens is 227 g/mol. The molecule has 2 rings (SSSR count). The van der Waals surface area contributed by atoms with E-state index in [9.17, 15) is 4.39 Å². The van der Waals surface area contributed by atoms with Crippen molar-refractivity contribution in [3.63, 3.8) is 0 Å². The lowest BCUT2D eigenvalue weighted by Crippen LogP contribution is -2.48. The van der Waals surface area contributed by atoms with Crippen molar-refractivity contribution in [1.29, 1.82) is 0 Å². The van der Waals surface area contributed by atoms with Crippen LogP contribution in [-0.2, 0) is 0 Å². The van der Waals surface area contributed by atoms with E-state index in [0.29, 0.717) is 12.0 Å². The lowest BCUT2D eigenvalue weighted by molar-refractivity contribution is 0.117. The van der Waals surface area contributed by atoms with Gasteiger partial charge in [0, 0.05) is 18.6 Å². The van der Waals surface area contributed by atoms with Gasteiger partial charge in [-0.3, -0.25) is 4.90 Å². The van der Waals surface area contributed by atoms with Crippen molar-refractivity contribution in [3.8, 4) is 0 Å². The molecule has 3 unspecified atom stereocenters. The number of hydrogen-bond acceptors (Lipinski definition) is 2. The Kier molecular flexibility index (Phi) is 4.36. The second-order valence-electron chi connectivity index (χ2n) is 5.40. The van der Waals surface area contributed by atoms with Gasteiger partial charge in [0.1, 0.15) is 5.82 Å². The van der Waals surface area contributed by atoms with E-state index in [1.807, 2.05) is 6.07 Å². The number of nitrogens with two attached hydrogens (primary N) is 1. The Balaban J connectivity index is 2.14. The summed E-state index contributed by atoms with van der Waals surface area (Å²) in [5.74, 6) is 0.437. The maximum atomic E-state index is 13.3. The first-order valence-corrected chi connectivity index (χ1v) is 6.87. The van der Waals surface area contributed by atoms with Crippen LogP contribution in [0.3, 0.4) is 0 Å². The minimum Gasteiger partial charge on any atom is -0.326 e. The molecule has 1 fully saturated rings. The average molecular weight is 250 g/mol. The summed E-state index contributed by atoms with van der Waals surface area (Å²) in [6, 6.07) is 7.49. The summed E-state index contributed by atoms with van der Waals surface area (Å²) in [5, 5.41) is 0. The summed E-state index contributed by atoms with van der Waals surface area (Å²) in [5.41, 5.74) is 7.22. The number of likely N-dealkylation sites (tertiary alicyclic amines) is 1. The van der Waals surface area contributed by atoms with E-state index in [1.165, 1.54) is 6.07 Å². The summed E-state index contributed by atoms with van der Waals surface area (Å²) in [6.07, 6.45) is 2.12. The molecule has 3 heteroatoms. The van der Waals surface area contributed by atoms with E-state index >= 15 is 0 Å². The van der Waals surface area contributed by atoms with Crippen LogP contribution < -0.4 is 5.73 Å². The van der Waals surface area contributed by atoms with Crippen molar-refractivity contribution in [2.45, 2.75) is 38.8 Å². The minimum absolute atomic E-state index is 0.152. The maximum Gasteiger partial charge on any atom is 0.123 e. The third-order valence-electron chi connectivity index (χ3n) is 4.11. The summed E-state index contributed by atoms with van der Waals surface area (Å²) < 4.78 is 13.3. The topological polar surface area (TPSA) is 29.3 Å². The van der Waals surface area contributed by atoms with Gasteiger partial charge >= 0.3 is 0 Å². The molecule has 1 heterocycles. The van der Waals surface area contributed by atoms with Crippen LogP contribution in [0.25, 0.3) is 0 Å². The number of halogens is 1.